The van der Waals surface area contributed by atoms with Crippen LogP contribution in [-0.4, -0.2) is 19.8 Å². The molecule has 0 fully saturated rings. The van der Waals surface area contributed by atoms with Gasteiger partial charge in [-0.25, -0.2) is 4.39 Å². The Morgan fingerprint density at radius 1 is 1.41 bits per heavy atom. The summed E-state index contributed by atoms with van der Waals surface area (Å²) in [5.74, 6) is -0.193. The molecule has 17 heavy (non-hydrogen) atoms. The molecule has 1 aromatic rings. The first-order valence-electron chi connectivity index (χ1n) is 5.95. The number of hydrogen-bond acceptors (Lipinski definition) is 2. The standard InChI is InChI=1S/C13H19BrFNO/c1-3-7-16-13(9-17-4-2)11-8-10(14)5-6-12(11)15/h5-6,8,13,16H,3-4,7,9H2,1-2H3. The average Bonchev–Trinajstić information content (AvgIpc) is 2.33. The third-order valence-electron chi connectivity index (χ3n) is 2.46. The van der Waals surface area contributed by atoms with Crippen LogP contribution >= 0.6 is 15.9 Å². The van der Waals surface area contributed by atoms with Crippen molar-refractivity contribution >= 4 is 15.9 Å². The quantitative estimate of drug-likeness (QED) is 0.830. The van der Waals surface area contributed by atoms with E-state index < -0.39 is 0 Å². The molecule has 0 amide bonds. The molecule has 1 aromatic carbocycles. The summed E-state index contributed by atoms with van der Waals surface area (Å²) < 4.78 is 20.0. The van der Waals surface area contributed by atoms with E-state index >= 15 is 0 Å². The maximum atomic E-state index is 13.8. The topological polar surface area (TPSA) is 21.3 Å². The number of hydrogen-bond donors (Lipinski definition) is 1. The molecule has 0 saturated heterocycles. The zero-order valence-electron chi connectivity index (χ0n) is 10.3. The molecular formula is C13H19BrFNO. The molecule has 0 aliphatic heterocycles. The average molecular weight is 304 g/mol. The van der Waals surface area contributed by atoms with Crippen molar-refractivity contribution in [2.45, 2.75) is 26.3 Å². The Morgan fingerprint density at radius 3 is 2.82 bits per heavy atom. The Balaban J connectivity index is 2.82. The van der Waals surface area contributed by atoms with Gasteiger partial charge in [0, 0.05) is 16.6 Å². The monoisotopic (exact) mass is 303 g/mol. The van der Waals surface area contributed by atoms with Gasteiger partial charge in [-0.2, -0.15) is 0 Å². The van der Waals surface area contributed by atoms with E-state index in [0.717, 1.165) is 17.4 Å². The molecular weight excluding hydrogens is 285 g/mol. The number of rotatable bonds is 7. The second-order valence-electron chi connectivity index (χ2n) is 3.83. The zero-order valence-corrected chi connectivity index (χ0v) is 11.9. The molecule has 0 bridgehead atoms. The highest BCUT2D eigenvalue weighted by Gasteiger charge is 2.15. The summed E-state index contributed by atoms with van der Waals surface area (Å²) in [6.07, 6.45) is 1.01. The lowest BCUT2D eigenvalue weighted by Gasteiger charge is -2.19. The lowest BCUT2D eigenvalue weighted by Crippen LogP contribution is -2.27. The Kier molecular flexibility index (Phi) is 6.70. The van der Waals surface area contributed by atoms with Gasteiger partial charge in [-0.15, -0.1) is 0 Å². The van der Waals surface area contributed by atoms with E-state index in [4.69, 9.17) is 4.74 Å². The van der Waals surface area contributed by atoms with Crippen LogP contribution in [0.5, 0.6) is 0 Å². The molecule has 0 saturated carbocycles. The van der Waals surface area contributed by atoms with Crippen LogP contribution in [0.2, 0.25) is 0 Å². The van der Waals surface area contributed by atoms with Crippen molar-refractivity contribution in [2.75, 3.05) is 19.8 Å². The van der Waals surface area contributed by atoms with E-state index in [1.165, 1.54) is 6.07 Å². The van der Waals surface area contributed by atoms with Gasteiger partial charge in [-0.3, -0.25) is 0 Å². The third-order valence-corrected chi connectivity index (χ3v) is 2.96. The van der Waals surface area contributed by atoms with E-state index in [1.807, 2.05) is 13.0 Å². The van der Waals surface area contributed by atoms with Crippen molar-refractivity contribution in [1.29, 1.82) is 0 Å². The van der Waals surface area contributed by atoms with Crippen LogP contribution in [0, 0.1) is 5.82 Å². The first-order chi connectivity index (χ1) is 8.19. The van der Waals surface area contributed by atoms with Crippen molar-refractivity contribution in [3.63, 3.8) is 0 Å². The van der Waals surface area contributed by atoms with Gasteiger partial charge in [0.1, 0.15) is 5.82 Å². The smallest absolute Gasteiger partial charge is 0.128 e. The van der Waals surface area contributed by atoms with Crippen LogP contribution in [0.3, 0.4) is 0 Å². The molecule has 1 atom stereocenters. The largest absolute Gasteiger partial charge is 0.380 e. The van der Waals surface area contributed by atoms with E-state index in [9.17, 15) is 4.39 Å². The molecule has 0 aromatic heterocycles. The fourth-order valence-electron chi connectivity index (χ4n) is 1.59. The third kappa shape index (κ3) is 4.74. The number of benzene rings is 1. The molecule has 1 unspecified atom stereocenters. The van der Waals surface area contributed by atoms with Gasteiger partial charge in [0.15, 0.2) is 0 Å². The van der Waals surface area contributed by atoms with Crippen molar-refractivity contribution in [2.24, 2.45) is 0 Å². The van der Waals surface area contributed by atoms with Crippen LogP contribution in [-0.2, 0) is 4.74 Å². The summed E-state index contributed by atoms with van der Waals surface area (Å²) in [6.45, 7) is 6.00. The van der Waals surface area contributed by atoms with Crippen LogP contribution < -0.4 is 5.32 Å². The summed E-state index contributed by atoms with van der Waals surface area (Å²) >= 11 is 3.37. The summed E-state index contributed by atoms with van der Waals surface area (Å²) in [4.78, 5) is 0. The van der Waals surface area contributed by atoms with E-state index in [0.29, 0.717) is 18.8 Å². The van der Waals surface area contributed by atoms with Crippen molar-refractivity contribution < 1.29 is 9.13 Å². The van der Waals surface area contributed by atoms with Crippen molar-refractivity contribution in [3.8, 4) is 0 Å². The van der Waals surface area contributed by atoms with Gasteiger partial charge in [-0.05, 0) is 38.1 Å². The first kappa shape index (κ1) is 14.6. The summed E-state index contributed by atoms with van der Waals surface area (Å²) in [6, 6.07) is 4.90. The van der Waals surface area contributed by atoms with Gasteiger partial charge in [-0.1, -0.05) is 22.9 Å². The molecule has 96 valence electrons. The van der Waals surface area contributed by atoms with Gasteiger partial charge < -0.3 is 10.1 Å². The highest BCUT2D eigenvalue weighted by molar-refractivity contribution is 9.10. The number of nitrogens with one attached hydrogen (secondary N) is 1. The van der Waals surface area contributed by atoms with E-state index in [2.05, 4.69) is 28.2 Å². The highest BCUT2D eigenvalue weighted by Crippen LogP contribution is 2.22. The van der Waals surface area contributed by atoms with E-state index in [1.54, 1.807) is 6.07 Å². The van der Waals surface area contributed by atoms with Gasteiger partial charge in [0.2, 0.25) is 0 Å². The molecule has 0 spiro atoms. The Hall–Kier alpha value is -0.450. The minimum atomic E-state index is -0.193. The molecule has 0 aliphatic rings. The van der Waals surface area contributed by atoms with Crippen LogP contribution in [0.4, 0.5) is 4.39 Å². The predicted molar refractivity (Wildman–Crippen MR) is 71.6 cm³/mol. The molecule has 4 heteroatoms. The second kappa shape index (κ2) is 7.80. The van der Waals surface area contributed by atoms with Gasteiger partial charge >= 0.3 is 0 Å². The first-order valence-corrected chi connectivity index (χ1v) is 6.74. The fourth-order valence-corrected chi connectivity index (χ4v) is 1.97. The SMILES string of the molecule is CCCNC(COCC)c1cc(Br)ccc1F. The normalized spacial score (nSPS) is 12.7. The Labute approximate surface area is 111 Å². The lowest BCUT2D eigenvalue weighted by atomic mass is 10.1. The highest BCUT2D eigenvalue weighted by atomic mass is 79.9. The minimum absolute atomic E-state index is 0.0904. The second-order valence-corrected chi connectivity index (χ2v) is 4.75. The summed E-state index contributed by atoms with van der Waals surface area (Å²) in [5.41, 5.74) is 0.654. The van der Waals surface area contributed by atoms with Crippen LogP contribution in [0.25, 0.3) is 0 Å². The maximum Gasteiger partial charge on any atom is 0.128 e. The summed E-state index contributed by atoms with van der Waals surface area (Å²) in [7, 11) is 0. The molecule has 1 rings (SSSR count). The minimum Gasteiger partial charge on any atom is -0.380 e. The molecule has 0 heterocycles. The van der Waals surface area contributed by atoms with Crippen molar-refractivity contribution in [3.05, 3.63) is 34.1 Å². The maximum absolute atomic E-state index is 13.8. The van der Waals surface area contributed by atoms with Crippen LogP contribution in [0.15, 0.2) is 22.7 Å². The number of ether oxygens (including phenoxy) is 1. The Bertz CT molecular complexity index is 338. The zero-order chi connectivity index (χ0) is 12.7. The fraction of sp³-hybridized carbons (Fsp3) is 0.538. The van der Waals surface area contributed by atoms with Crippen LogP contribution in [0.1, 0.15) is 31.9 Å². The predicted octanol–water partition coefficient (Wildman–Crippen LogP) is 3.67. The van der Waals surface area contributed by atoms with Gasteiger partial charge in [0.25, 0.3) is 0 Å². The molecule has 0 radical (unpaired) electrons. The number of halogens is 2. The van der Waals surface area contributed by atoms with Gasteiger partial charge in [0.05, 0.1) is 12.6 Å². The summed E-state index contributed by atoms with van der Waals surface area (Å²) in [5, 5.41) is 3.30. The molecule has 0 aliphatic carbocycles. The lowest BCUT2D eigenvalue weighted by molar-refractivity contribution is 0.122. The Morgan fingerprint density at radius 2 is 2.18 bits per heavy atom. The van der Waals surface area contributed by atoms with Crippen molar-refractivity contribution in [1.82, 2.24) is 5.32 Å². The molecule has 1 N–H and O–H groups in total. The molecule has 2 nitrogen and oxygen atoms in total. The van der Waals surface area contributed by atoms with E-state index in [-0.39, 0.29) is 11.9 Å².